The van der Waals surface area contributed by atoms with Gasteiger partial charge in [-0.3, -0.25) is 13.9 Å². The minimum atomic E-state index is -3.90. The van der Waals surface area contributed by atoms with E-state index in [-0.39, 0.29) is 23.5 Å². The highest BCUT2D eigenvalue weighted by atomic mass is 32.2. The topological polar surface area (TPSA) is 96.0 Å². The number of carbonyl (C=O) groups is 2. The maximum absolute atomic E-state index is 14.3. The smallest absolute Gasteiger partial charge is 0.244 e. The van der Waals surface area contributed by atoms with Gasteiger partial charge < -0.3 is 15.0 Å². The highest BCUT2D eigenvalue weighted by molar-refractivity contribution is 7.92. The van der Waals surface area contributed by atoms with Gasteiger partial charge in [0.25, 0.3) is 0 Å². The molecule has 0 aliphatic carbocycles. The molecule has 0 radical (unpaired) electrons. The zero-order chi connectivity index (χ0) is 24.1. The molecule has 2 rings (SSSR count). The summed E-state index contributed by atoms with van der Waals surface area (Å²) in [5.41, 5.74) is 1.17. The van der Waals surface area contributed by atoms with Gasteiger partial charge in [-0.1, -0.05) is 24.3 Å². The number of carbonyl (C=O) groups excluding carboxylic acids is 2. The van der Waals surface area contributed by atoms with Gasteiger partial charge in [-0.2, -0.15) is 0 Å². The fourth-order valence-corrected chi connectivity index (χ4v) is 4.04. The maximum Gasteiger partial charge on any atom is 0.244 e. The standard InChI is InChI=1S/C22H28FN3O5S/c1-15-10-11-20(31-4)19(12-15)26(32(5,29)30)14-21(27)25(16(2)22(28)24-3)13-17-8-6-7-9-18(17)23/h6-12,16H,13-14H2,1-5H3,(H,24,28)/t16-/m0/s1. The number of amides is 2. The van der Waals surface area contributed by atoms with E-state index in [2.05, 4.69) is 5.32 Å². The molecule has 0 aliphatic heterocycles. The second kappa shape index (κ2) is 10.4. The van der Waals surface area contributed by atoms with E-state index in [1.54, 1.807) is 31.2 Å². The van der Waals surface area contributed by atoms with E-state index in [4.69, 9.17) is 4.74 Å². The molecule has 0 aromatic heterocycles. The van der Waals surface area contributed by atoms with Crippen molar-refractivity contribution in [3.63, 3.8) is 0 Å². The molecule has 0 saturated heterocycles. The quantitative estimate of drug-likeness (QED) is 0.612. The first-order valence-electron chi connectivity index (χ1n) is 9.86. The van der Waals surface area contributed by atoms with E-state index in [0.29, 0.717) is 0 Å². The van der Waals surface area contributed by atoms with Crippen LogP contribution in [0.5, 0.6) is 5.75 Å². The Labute approximate surface area is 188 Å². The molecule has 2 aromatic rings. The summed E-state index contributed by atoms with van der Waals surface area (Å²) in [6.07, 6.45) is 0.978. The molecule has 2 amide bonds. The van der Waals surface area contributed by atoms with E-state index >= 15 is 0 Å². The molecule has 0 unspecified atom stereocenters. The SMILES string of the molecule is CNC(=O)[C@H](C)N(Cc1ccccc1F)C(=O)CN(c1cc(C)ccc1OC)S(C)(=O)=O. The number of methoxy groups -OCH3 is 1. The third-order valence-corrected chi connectivity index (χ3v) is 6.12. The number of anilines is 1. The molecule has 2 aromatic carbocycles. The predicted molar refractivity (Wildman–Crippen MR) is 120 cm³/mol. The summed E-state index contributed by atoms with van der Waals surface area (Å²) in [5.74, 6) is -1.39. The molecule has 1 N–H and O–H groups in total. The third kappa shape index (κ3) is 5.97. The molecular weight excluding hydrogens is 437 g/mol. The van der Waals surface area contributed by atoms with Crippen molar-refractivity contribution < 1.29 is 27.1 Å². The van der Waals surface area contributed by atoms with Gasteiger partial charge in [-0.05, 0) is 37.6 Å². The van der Waals surface area contributed by atoms with Gasteiger partial charge in [0.1, 0.15) is 24.2 Å². The third-order valence-electron chi connectivity index (χ3n) is 4.99. The van der Waals surface area contributed by atoms with Gasteiger partial charge in [-0.25, -0.2) is 12.8 Å². The maximum atomic E-state index is 14.3. The van der Waals surface area contributed by atoms with Crippen molar-refractivity contribution in [3.05, 3.63) is 59.4 Å². The van der Waals surface area contributed by atoms with E-state index < -0.39 is 40.2 Å². The summed E-state index contributed by atoms with van der Waals surface area (Å²) in [5, 5.41) is 2.46. The van der Waals surface area contributed by atoms with Crippen LogP contribution in [0.4, 0.5) is 10.1 Å². The summed E-state index contributed by atoms with van der Waals surface area (Å²) < 4.78 is 45.7. The van der Waals surface area contributed by atoms with Crippen LogP contribution in [0, 0.1) is 12.7 Å². The zero-order valence-corrected chi connectivity index (χ0v) is 19.6. The molecule has 32 heavy (non-hydrogen) atoms. The number of aryl methyl sites for hydroxylation is 1. The Balaban J connectivity index is 2.47. The lowest BCUT2D eigenvalue weighted by atomic mass is 10.1. The lowest BCUT2D eigenvalue weighted by molar-refractivity contribution is -0.139. The number of likely N-dealkylation sites (N-methyl/N-ethyl adjacent to an activating group) is 1. The number of ether oxygens (including phenoxy) is 1. The average molecular weight is 466 g/mol. The van der Waals surface area contributed by atoms with Crippen LogP contribution in [-0.4, -0.2) is 58.1 Å². The summed E-state index contributed by atoms with van der Waals surface area (Å²) in [4.78, 5) is 26.7. The minimum Gasteiger partial charge on any atom is -0.495 e. The number of hydrogen-bond acceptors (Lipinski definition) is 5. The highest BCUT2D eigenvalue weighted by Gasteiger charge is 2.31. The Bertz CT molecular complexity index is 1090. The van der Waals surface area contributed by atoms with Crippen LogP contribution >= 0.6 is 0 Å². The van der Waals surface area contributed by atoms with Gasteiger partial charge in [0.15, 0.2) is 0 Å². The largest absolute Gasteiger partial charge is 0.495 e. The fourth-order valence-electron chi connectivity index (χ4n) is 3.19. The normalized spacial score (nSPS) is 12.1. The molecule has 0 spiro atoms. The van der Waals surface area contributed by atoms with Crippen molar-refractivity contribution >= 4 is 27.5 Å². The van der Waals surface area contributed by atoms with E-state index in [1.165, 1.54) is 39.3 Å². The van der Waals surface area contributed by atoms with Crippen LogP contribution in [0.25, 0.3) is 0 Å². The average Bonchev–Trinajstić information content (AvgIpc) is 2.74. The first-order valence-corrected chi connectivity index (χ1v) is 11.7. The molecule has 0 aliphatic rings. The number of benzene rings is 2. The van der Waals surface area contributed by atoms with Crippen molar-refractivity contribution in [3.8, 4) is 5.75 Å². The van der Waals surface area contributed by atoms with Crippen LogP contribution in [0.1, 0.15) is 18.1 Å². The Morgan fingerprint density at radius 3 is 2.41 bits per heavy atom. The van der Waals surface area contributed by atoms with Crippen molar-refractivity contribution in [1.82, 2.24) is 10.2 Å². The van der Waals surface area contributed by atoms with Crippen molar-refractivity contribution in [2.45, 2.75) is 26.4 Å². The molecule has 0 fully saturated rings. The Morgan fingerprint density at radius 1 is 1.19 bits per heavy atom. The predicted octanol–water partition coefficient (Wildman–Crippen LogP) is 2.07. The van der Waals surface area contributed by atoms with E-state index in [0.717, 1.165) is 21.0 Å². The Morgan fingerprint density at radius 2 is 1.84 bits per heavy atom. The van der Waals surface area contributed by atoms with Crippen molar-refractivity contribution in [2.75, 3.05) is 31.3 Å². The van der Waals surface area contributed by atoms with Crippen LogP contribution < -0.4 is 14.4 Å². The summed E-state index contributed by atoms with van der Waals surface area (Å²) in [6, 6.07) is 9.88. The molecule has 0 bridgehead atoms. The van der Waals surface area contributed by atoms with Crippen LogP contribution in [-0.2, 0) is 26.2 Å². The summed E-state index contributed by atoms with van der Waals surface area (Å²) in [7, 11) is -1.08. The lowest BCUT2D eigenvalue weighted by Crippen LogP contribution is -2.50. The molecule has 0 heterocycles. The van der Waals surface area contributed by atoms with Crippen LogP contribution in [0.3, 0.4) is 0 Å². The zero-order valence-electron chi connectivity index (χ0n) is 18.8. The lowest BCUT2D eigenvalue weighted by Gasteiger charge is -2.31. The first kappa shape index (κ1) is 25.1. The number of rotatable bonds is 9. The number of hydrogen-bond donors (Lipinski definition) is 1. The number of nitrogens with one attached hydrogen (secondary N) is 1. The number of halogens is 1. The van der Waals surface area contributed by atoms with Crippen LogP contribution in [0.15, 0.2) is 42.5 Å². The Kier molecular flexibility index (Phi) is 8.20. The molecular formula is C22H28FN3O5S. The van der Waals surface area contributed by atoms with Crippen LogP contribution in [0.2, 0.25) is 0 Å². The van der Waals surface area contributed by atoms with Gasteiger partial charge >= 0.3 is 0 Å². The number of sulfonamides is 1. The molecule has 10 heteroatoms. The van der Waals surface area contributed by atoms with Crippen molar-refractivity contribution in [1.29, 1.82) is 0 Å². The second-order valence-electron chi connectivity index (χ2n) is 7.35. The van der Waals surface area contributed by atoms with Gasteiger partial charge in [0.2, 0.25) is 21.8 Å². The van der Waals surface area contributed by atoms with E-state index in [9.17, 15) is 22.4 Å². The van der Waals surface area contributed by atoms with Gasteiger partial charge in [0.05, 0.1) is 19.1 Å². The minimum absolute atomic E-state index is 0.196. The second-order valence-corrected chi connectivity index (χ2v) is 9.26. The molecule has 1 atom stereocenters. The molecule has 0 saturated carbocycles. The molecule has 8 nitrogen and oxygen atoms in total. The van der Waals surface area contributed by atoms with Crippen molar-refractivity contribution in [2.24, 2.45) is 0 Å². The van der Waals surface area contributed by atoms with Gasteiger partial charge in [-0.15, -0.1) is 0 Å². The molecule has 174 valence electrons. The fraction of sp³-hybridized carbons (Fsp3) is 0.364. The summed E-state index contributed by atoms with van der Waals surface area (Å²) in [6.45, 7) is 2.48. The monoisotopic (exact) mass is 465 g/mol. The number of nitrogens with zero attached hydrogens (tertiary/aromatic N) is 2. The Hall–Kier alpha value is -3.14. The summed E-state index contributed by atoms with van der Waals surface area (Å²) >= 11 is 0. The van der Waals surface area contributed by atoms with E-state index in [1.807, 2.05) is 0 Å². The first-order chi connectivity index (χ1) is 15.0. The van der Waals surface area contributed by atoms with Gasteiger partial charge in [0, 0.05) is 19.2 Å². The highest BCUT2D eigenvalue weighted by Crippen LogP contribution is 2.31.